The Bertz CT molecular complexity index is 735. The van der Waals surface area contributed by atoms with Gasteiger partial charge in [0, 0.05) is 37.8 Å². The second-order valence-electron chi connectivity index (χ2n) is 7.66. The highest BCUT2D eigenvalue weighted by Crippen LogP contribution is 2.22. The van der Waals surface area contributed by atoms with Crippen molar-refractivity contribution < 1.29 is 14.3 Å². The molecular weight excluding hydrogens is 390 g/mol. The van der Waals surface area contributed by atoms with Gasteiger partial charge < -0.3 is 14.4 Å². The van der Waals surface area contributed by atoms with Crippen LogP contribution in [-0.2, 0) is 15.9 Å². The average Bonchev–Trinajstić information content (AvgIpc) is 3.19. The van der Waals surface area contributed by atoms with Gasteiger partial charge in [-0.3, -0.25) is 9.47 Å². The van der Waals surface area contributed by atoms with Crippen LogP contribution < -0.4 is 0 Å². The van der Waals surface area contributed by atoms with Gasteiger partial charge in [-0.25, -0.2) is 4.79 Å². The Labute approximate surface area is 189 Å². The Morgan fingerprint density at radius 2 is 1.74 bits per heavy atom. The minimum absolute atomic E-state index is 0.305. The summed E-state index contributed by atoms with van der Waals surface area (Å²) >= 11 is 0. The first-order valence-electron chi connectivity index (χ1n) is 11.8. The van der Waals surface area contributed by atoms with Crippen LogP contribution in [0.25, 0.3) is 10.9 Å². The second-order valence-corrected chi connectivity index (χ2v) is 7.66. The SMILES string of the molecule is CC.CCCC.CN(C)CCc1cn(C(=O)OCCN2CCOCC2)c2ccccc12. The molecule has 3 rings (SSSR count). The molecule has 0 radical (unpaired) electrons. The lowest BCUT2D eigenvalue weighted by Gasteiger charge is -2.26. The molecule has 0 atom stereocenters. The fraction of sp³-hybridized carbons (Fsp3) is 0.640. The van der Waals surface area contributed by atoms with E-state index in [9.17, 15) is 4.79 Å². The highest BCUT2D eigenvalue weighted by molar-refractivity contribution is 5.91. The van der Waals surface area contributed by atoms with E-state index in [1.807, 2.05) is 38.2 Å². The molecule has 0 aliphatic carbocycles. The first-order chi connectivity index (χ1) is 15.1. The maximum Gasteiger partial charge on any atom is 0.418 e. The van der Waals surface area contributed by atoms with E-state index in [1.165, 1.54) is 18.4 Å². The minimum atomic E-state index is -0.305. The fourth-order valence-corrected chi connectivity index (χ4v) is 3.10. The van der Waals surface area contributed by atoms with Crippen molar-refractivity contribution in [2.45, 2.75) is 47.0 Å². The van der Waals surface area contributed by atoms with E-state index in [0.29, 0.717) is 6.61 Å². The summed E-state index contributed by atoms with van der Waals surface area (Å²) in [7, 11) is 4.11. The molecular formula is C25H43N3O3. The predicted octanol–water partition coefficient (Wildman–Crippen LogP) is 4.89. The quantitative estimate of drug-likeness (QED) is 0.622. The molecule has 2 heterocycles. The van der Waals surface area contributed by atoms with Crippen LogP contribution in [0, 0.1) is 0 Å². The van der Waals surface area contributed by atoms with Gasteiger partial charge in [0.15, 0.2) is 0 Å². The number of carbonyl (C=O) groups excluding carboxylic acids is 1. The lowest BCUT2D eigenvalue weighted by atomic mass is 10.1. The number of fused-ring (bicyclic) bond motifs is 1. The maximum absolute atomic E-state index is 12.5. The predicted molar refractivity (Wildman–Crippen MR) is 130 cm³/mol. The summed E-state index contributed by atoms with van der Waals surface area (Å²) in [6.07, 6.45) is 5.16. The zero-order valence-electron chi connectivity index (χ0n) is 20.5. The molecule has 2 aromatic rings. The molecule has 0 N–H and O–H groups in total. The maximum atomic E-state index is 12.5. The number of morpholine rings is 1. The lowest BCUT2D eigenvalue weighted by molar-refractivity contribution is 0.0283. The Balaban J connectivity index is 0.000000720. The molecule has 176 valence electrons. The van der Waals surface area contributed by atoms with Crippen LogP contribution in [0.15, 0.2) is 30.5 Å². The minimum Gasteiger partial charge on any atom is -0.448 e. The monoisotopic (exact) mass is 433 g/mol. The largest absolute Gasteiger partial charge is 0.448 e. The number of rotatable bonds is 7. The van der Waals surface area contributed by atoms with Gasteiger partial charge in [-0.15, -0.1) is 0 Å². The van der Waals surface area contributed by atoms with Crippen LogP contribution in [0.3, 0.4) is 0 Å². The van der Waals surface area contributed by atoms with Gasteiger partial charge in [0.25, 0.3) is 0 Å². The number of benzene rings is 1. The number of hydrogen-bond donors (Lipinski definition) is 0. The summed E-state index contributed by atoms with van der Waals surface area (Å²) in [5.74, 6) is 0. The Morgan fingerprint density at radius 1 is 1.10 bits per heavy atom. The number of aromatic nitrogens is 1. The summed E-state index contributed by atoms with van der Waals surface area (Å²) in [6, 6.07) is 8.00. The van der Waals surface area contributed by atoms with Crippen molar-refractivity contribution in [3.8, 4) is 0 Å². The molecule has 6 heteroatoms. The summed E-state index contributed by atoms with van der Waals surface area (Å²) in [6.45, 7) is 13.8. The number of unbranched alkanes of at least 4 members (excludes halogenated alkanes) is 1. The highest BCUT2D eigenvalue weighted by Gasteiger charge is 2.16. The Kier molecular flexibility index (Phi) is 13.9. The molecule has 1 aliphatic rings. The van der Waals surface area contributed by atoms with Crippen LogP contribution >= 0.6 is 0 Å². The molecule has 0 saturated carbocycles. The third kappa shape index (κ3) is 9.42. The van der Waals surface area contributed by atoms with E-state index < -0.39 is 0 Å². The summed E-state index contributed by atoms with van der Waals surface area (Å²) in [5.41, 5.74) is 2.09. The molecule has 31 heavy (non-hydrogen) atoms. The molecule has 0 spiro atoms. The molecule has 0 unspecified atom stereocenters. The van der Waals surface area contributed by atoms with Crippen molar-refractivity contribution in [1.29, 1.82) is 0 Å². The molecule has 1 fully saturated rings. The number of ether oxygens (including phenoxy) is 2. The number of likely N-dealkylation sites (N-methyl/N-ethyl adjacent to an activating group) is 1. The van der Waals surface area contributed by atoms with Crippen LogP contribution in [0.1, 0.15) is 46.1 Å². The number of nitrogens with zero attached hydrogens (tertiary/aromatic N) is 3. The van der Waals surface area contributed by atoms with Gasteiger partial charge in [0.2, 0.25) is 0 Å². The summed E-state index contributed by atoms with van der Waals surface area (Å²) in [5, 5.41) is 1.12. The van der Waals surface area contributed by atoms with Crippen molar-refractivity contribution in [1.82, 2.24) is 14.4 Å². The molecule has 1 aliphatic heterocycles. The van der Waals surface area contributed by atoms with Crippen molar-refractivity contribution in [3.05, 3.63) is 36.0 Å². The van der Waals surface area contributed by atoms with Crippen LogP contribution in [0.5, 0.6) is 0 Å². The van der Waals surface area contributed by atoms with E-state index in [-0.39, 0.29) is 6.09 Å². The van der Waals surface area contributed by atoms with E-state index in [2.05, 4.69) is 43.8 Å². The first kappa shape index (κ1) is 27.1. The Hall–Kier alpha value is -1.89. The van der Waals surface area contributed by atoms with E-state index in [1.54, 1.807) is 4.57 Å². The van der Waals surface area contributed by atoms with E-state index >= 15 is 0 Å². The van der Waals surface area contributed by atoms with Gasteiger partial charge in [-0.05, 0) is 32.1 Å². The van der Waals surface area contributed by atoms with Gasteiger partial charge in [-0.1, -0.05) is 58.7 Å². The van der Waals surface area contributed by atoms with E-state index in [0.717, 1.165) is 56.7 Å². The standard InChI is InChI=1S/C19H27N3O3.C4H10.C2H6/c1-20(2)8-7-16-15-22(18-6-4-3-5-17(16)18)19(23)25-14-11-21-9-12-24-13-10-21;1-3-4-2;1-2/h3-6,15H,7-14H2,1-2H3;3-4H2,1-2H3;1-2H3. The Morgan fingerprint density at radius 3 is 2.35 bits per heavy atom. The molecule has 1 saturated heterocycles. The summed E-state index contributed by atoms with van der Waals surface area (Å²) < 4.78 is 12.5. The second kappa shape index (κ2) is 15.8. The van der Waals surface area contributed by atoms with Crippen molar-refractivity contribution in [2.24, 2.45) is 0 Å². The normalized spacial score (nSPS) is 13.9. The summed E-state index contributed by atoms with van der Waals surface area (Å²) in [4.78, 5) is 16.9. The molecule has 0 amide bonds. The van der Waals surface area contributed by atoms with E-state index in [4.69, 9.17) is 9.47 Å². The molecule has 1 aromatic carbocycles. The number of para-hydroxylation sites is 1. The smallest absolute Gasteiger partial charge is 0.418 e. The molecule has 0 bridgehead atoms. The zero-order valence-corrected chi connectivity index (χ0v) is 20.5. The first-order valence-corrected chi connectivity index (χ1v) is 11.8. The van der Waals surface area contributed by atoms with Crippen LogP contribution in [-0.4, -0.2) is 80.6 Å². The lowest BCUT2D eigenvalue weighted by Crippen LogP contribution is -2.38. The van der Waals surface area contributed by atoms with Crippen molar-refractivity contribution in [2.75, 3.05) is 60.1 Å². The topological polar surface area (TPSA) is 46.9 Å². The van der Waals surface area contributed by atoms with Crippen molar-refractivity contribution >= 4 is 17.0 Å². The van der Waals surface area contributed by atoms with Crippen LogP contribution in [0.4, 0.5) is 4.79 Å². The number of hydrogen-bond acceptors (Lipinski definition) is 5. The molecule has 6 nitrogen and oxygen atoms in total. The van der Waals surface area contributed by atoms with Gasteiger partial charge in [-0.2, -0.15) is 0 Å². The van der Waals surface area contributed by atoms with Gasteiger partial charge >= 0.3 is 6.09 Å². The van der Waals surface area contributed by atoms with Gasteiger partial charge in [0.1, 0.15) is 6.61 Å². The highest BCUT2D eigenvalue weighted by atomic mass is 16.5. The third-order valence-electron chi connectivity index (χ3n) is 5.06. The van der Waals surface area contributed by atoms with Crippen molar-refractivity contribution in [3.63, 3.8) is 0 Å². The fourth-order valence-electron chi connectivity index (χ4n) is 3.10. The zero-order chi connectivity index (χ0) is 23.1. The number of carbonyl (C=O) groups is 1. The van der Waals surface area contributed by atoms with Crippen LogP contribution in [0.2, 0.25) is 0 Å². The molecule has 1 aromatic heterocycles. The van der Waals surface area contributed by atoms with Gasteiger partial charge in [0.05, 0.1) is 18.7 Å². The third-order valence-corrected chi connectivity index (χ3v) is 5.06. The average molecular weight is 434 g/mol.